The van der Waals surface area contributed by atoms with Gasteiger partial charge in [-0.2, -0.15) is 0 Å². The highest BCUT2D eigenvalue weighted by molar-refractivity contribution is 5.83. The van der Waals surface area contributed by atoms with Gasteiger partial charge in [0.25, 0.3) is 0 Å². The lowest BCUT2D eigenvalue weighted by Gasteiger charge is -2.41. The SMILES string of the molecule is O=C(O)C1CC(O)CN1C(=O)N1CCC2(CCCC2)CC1. The van der Waals surface area contributed by atoms with E-state index < -0.39 is 18.1 Å². The Labute approximate surface area is 124 Å². The van der Waals surface area contributed by atoms with Gasteiger partial charge in [0.15, 0.2) is 0 Å². The van der Waals surface area contributed by atoms with Gasteiger partial charge in [-0.15, -0.1) is 0 Å². The largest absolute Gasteiger partial charge is 0.480 e. The van der Waals surface area contributed by atoms with E-state index in [0.29, 0.717) is 5.41 Å². The van der Waals surface area contributed by atoms with Crippen LogP contribution in [0.2, 0.25) is 0 Å². The molecule has 2 saturated heterocycles. The zero-order valence-electron chi connectivity index (χ0n) is 12.3. The Morgan fingerprint density at radius 2 is 1.67 bits per heavy atom. The number of likely N-dealkylation sites (tertiary alicyclic amines) is 2. The summed E-state index contributed by atoms with van der Waals surface area (Å²) in [4.78, 5) is 26.9. The molecule has 0 aromatic rings. The van der Waals surface area contributed by atoms with Crippen LogP contribution in [0.1, 0.15) is 44.9 Å². The first-order chi connectivity index (χ1) is 10.0. The Bertz CT molecular complexity index is 423. The number of aliphatic hydroxyl groups excluding tert-OH is 1. The van der Waals surface area contributed by atoms with Crippen molar-refractivity contribution in [1.82, 2.24) is 9.80 Å². The lowest BCUT2D eigenvalue weighted by Crippen LogP contribution is -2.51. The minimum atomic E-state index is -1.02. The second-order valence-corrected chi connectivity index (χ2v) is 6.87. The van der Waals surface area contributed by atoms with Gasteiger partial charge in [0.1, 0.15) is 6.04 Å². The average molecular weight is 296 g/mol. The zero-order chi connectivity index (χ0) is 15.0. The fourth-order valence-corrected chi connectivity index (χ4v) is 4.24. The standard InChI is InChI=1S/C15H24N2O4/c18-11-9-12(13(19)20)17(10-11)14(21)16-7-5-15(6-8-16)3-1-2-4-15/h11-12,18H,1-10H2,(H,19,20). The molecule has 3 aliphatic rings. The third kappa shape index (κ3) is 2.73. The van der Waals surface area contributed by atoms with Gasteiger partial charge in [0.05, 0.1) is 6.10 Å². The van der Waals surface area contributed by atoms with Crippen molar-refractivity contribution in [3.8, 4) is 0 Å². The Morgan fingerprint density at radius 1 is 1.05 bits per heavy atom. The highest BCUT2D eigenvalue weighted by Gasteiger charge is 2.43. The first kappa shape index (κ1) is 14.6. The number of piperidine rings is 1. The first-order valence-corrected chi connectivity index (χ1v) is 7.97. The molecular formula is C15H24N2O4. The number of β-amino-alcohol motifs (C(OH)–C–C–N with tert-alkyl or cyclic N) is 1. The minimum absolute atomic E-state index is 0.136. The molecule has 2 aliphatic heterocycles. The van der Waals surface area contributed by atoms with E-state index in [-0.39, 0.29) is 19.0 Å². The Balaban J connectivity index is 1.62. The molecule has 0 bridgehead atoms. The molecule has 3 fully saturated rings. The molecule has 21 heavy (non-hydrogen) atoms. The summed E-state index contributed by atoms with van der Waals surface area (Å²) in [6, 6.07) is -1.10. The van der Waals surface area contributed by atoms with Crippen LogP contribution in [-0.2, 0) is 4.79 Å². The van der Waals surface area contributed by atoms with Crippen molar-refractivity contribution in [3.63, 3.8) is 0 Å². The number of aliphatic hydroxyl groups is 1. The maximum atomic E-state index is 12.5. The van der Waals surface area contributed by atoms with Crippen LogP contribution >= 0.6 is 0 Å². The van der Waals surface area contributed by atoms with Crippen molar-refractivity contribution < 1.29 is 19.8 Å². The van der Waals surface area contributed by atoms with Gasteiger partial charge in [0.2, 0.25) is 0 Å². The summed E-state index contributed by atoms with van der Waals surface area (Å²) in [5, 5.41) is 18.9. The van der Waals surface area contributed by atoms with Crippen molar-refractivity contribution in [2.24, 2.45) is 5.41 Å². The number of hydrogen-bond donors (Lipinski definition) is 2. The van der Waals surface area contributed by atoms with Gasteiger partial charge in [-0.05, 0) is 31.1 Å². The summed E-state index contributed by atoms with van der Waals surface area (Å²) < 4.78 is 0. The molecule has 2 heterocycles. The monoisotopic (exact) mass is 296 g/mol. The van der Waals surface area contributed by atoms with Crippen LogP contribution in [0.3, 0.4) is 0 Å². The van der Waals surface area contributed by atoms with Gasteiger partial charge in [-0.25, -0.2) is 9.59 Å². The van der Waals surface area contributed by atoms with Crippen LogP contribution in [0.15, 0.2) is 0 Å². The average Bonchev–Trinajstić information content (AvgIpc) is 3.06. The second-order valence-electron chi connectivity index (χ2n) is 6.87. The lowest BCUT2D eigenvalue weighted by atomic mass is 9.77. The van der Waals surface area contributed by atoms with E-state index in [4.69, 9.17) is 0 Å². The molecule has 118 valence electrons. The Hall–Kier alpha value is -1.30. The minimum Gasteiger partial charge on any atom is -0.480 e. The maximum Gasteiger partial charge on any atom is 0.326 e. The normalized spacial score (nSPS) is 31.9. The Morgan fingerprint density at radius 3 is 2.24 bits per heavy atom. The van der Waals surface area contributed by atoms with Gasteiger partial charge in [-0.3, -0.25) is 0 Å². The molecule has 2 N–H and O–H groups in total. The number of carbonyl (C=O) groups excluding carboxylic acids is 1. The van der Waals surface area contributed by atoms with Gasteiger partial charge >= 0.3 is 12.0 Å². The number of amides is 2. The van der Waals surface area contributed by atoms with Crippen LogP contribution in [0, 0.1) is 5.41 Å². The van der Waals surface area contributed by atoms with Gasteiger partial charge in [0, 0.05) is 26.1 Å². The van der Waals surface area contributed by atoms with Crippen molar-refractivity contribution in [1.29, 1.82) is 0 Å². The van der Waals surface area contributed by atoms with Crippen LogP contribution in [0.5, 0.6) is 0 Å². The van der Waals surface area contributed by atoms with Gasteiger partial charge < -0.3 is 20.0 Å². The predicted molar refractivity (Wildman–Crippen MR) is 75.9 cm³/mol. The summed E-state index contributed by atoms with van der Waals surface area (Å²) >= 11 is 0. The summed E-state index contributed by atoms with van der Waals surface area (Å²) in [6.45, 7) is 1.58. The van der Waals surface area contributed by atoms with Gasteiger partial charge in [-0.1, -0.05) is 12.8 Å². The summed E-state index contributed by atoms with van der Waals surface area (Å²) in [7, 11) is 0. The van der Waals surface area contributed by atoms with Crippen molar-refractivity contribution in [2.45, 2.75) is 57.1 Å². The number of aliphatic carboxylic acids is 1. The van der Waals surface area contributed by atoms with Crippen LogP contribution in [-0.4, -0.2) is 63.8 Å². The van der Waals surface area contributed by atoms with Crippen molar-refractivity contribution >= 4 is 12.0 Å². The molecule has 1 spiro atoms. The highest BCUT2D eigenvalue weighted by Crippen LogP contribution is 2.46. The van der Waals surface area contributed by atoms with E-state index in [1.54, 1.807) is 4.90 Å². The molecule has 6 nitrogen and oxygen atoms in total. The molecule has 0 radical (unpaired) electrons. The molecular weight excluding hydrogens is 272 g/mol. The fraction of sp³-hybridized carbons (Fsp3) is 0.867. The van der Waals surface area contributed by atoms with Crippen LogP contribution < -0.4 is 0 Å². The smallest absolute Gasteiger partial charge is 0.326 e. The van der Waals surface area contributed by atoms with Crippen molar-refractivity contribution in [3.05, 3.63) is 0 Å². The van der Waals surface area contributed by atoms with E-state index in [0.717, 1.165) is 25.9 Å². The van der Waals surface area contributed by atoms with Crippen LogP contribution in [0.25, 0.3) is 0 Å². The zero-order valence-corrected chi connectivity index (χ0v) is 12.3. The molecule has 2 atom stereocenters. The number of hydrogen-bond acceptors (Lipinski definition) is 3. The molecule has 0 aromatic carbocycles. The van der Waals surface area contributed by atoms with Crippen LogP contribution in [0.4, 0.5) is 4.79 Å². The number of carboxylic acids is 1. The number of carbonyl (C=O) groups is 2. The highest BCUT2D eigenvalue weighted by atomic mass is 16.4. The number of rotatable bonds is 1. The Kier molecular flexibility index (Phi) is 3.82. The third-order valence-corrected chi connectivity index (χ3v) is 5.57. The van der Waals surface area contributed by atoms with E-state index in [9.17, 15) is 19.8 Å². The quantitative estimate of drug-likeness (QED) is 0.764. The summed E-state index contributed by atoms with van der Waals surface area (Å²) in [6.07, 6.45) is 6.63. The molecule has 3 rings (SSSR count). The molecule has 2 unspecified atom stereocenters. The number of carboxylic acid groups (broad SMARTS) is 1. The molecule has 2 amide bonds. The van der Waals surface area contributed by atoms with E-state index in [1.165, 1.54) is 30.6 Å². The first-order valence-electron chi connectivity index (χ1n) is 7.97. The van der Waals surface area contributed by atoms with E-state index >= 15 is 0 Å². The molecule has 1 saturated carbocycles. The number of urea groups is 1. The number of nitrogens with zero attached hydrogens (tertiary/aromatic N) is 2. The topological polar surface area (TPSA) is 81.1 Å². The van der Waals surface area contributed by atoms with E-state index in [2.05, 4.69) is 0 Å². The maximum absolute atomic E-state index is 12.5. The summed E-state index contributed by atoms with van der Waals surface area (Å²) in [5.41, 5.74) is 0.438. The molecule has 1 aliphatic carbocycles. The second kappa shape index (κ2) is 5.48. The fourth-order valence-electron chi connectivity index (χ4n) is 4.24. The molecule has 0 aromatic heterocycles. The lowest BCUT2D eigenvalue weighted by molar-refractivity contribution is -0.141. The van der Waals surface area contributed by atoms with E-state index in [1.807, 2.05) is 0 Å². The third-order valence-electron chi connectivity index (χ3n) is 5.57. The molecule has 6 heteroatoms. The predicted octanol–water partition coefficient (Wildman–Crippen LogP) is 1.28. The summed E-state index contributed by atoms with van der Waals surface area (Å²) in [5.74, 6) is -1.02. The van der Waals surface area contributed by atoms with Crippen molar-refractivity contribution in [2.75, 3.05) is 19.6 Å².